The summed E-state index contributed by atoms with van der Waals surface area (Å²) in [4.78, 5) is 17.5. The molecule has 0 atom stereocenters. The molecule has 5 rings (SSSR count). The molecule has 3 nitrogen and oxygen atoms in total. The van der Waals surface area contributed by atoms with Crippen molar-refractivity contribution in [3.63, 3.8) is 0 Å². The molecule has 0 N–H and O–H groups in total. The maximum absolute atomic E-state index is 13.1. The Hall–Kier alpha value is -2.28. The summed E-state index contributed by atoms with van der Waals surface area (Å²) in [6, 6.07) is 16.8. The van der Waals surface area contributed by atoms with Gasteiger partial charge in [-0.25, -0.2) is 0 Å². The Bertz CT molecular complexity index is 1320. The lowest BCUT2D eigenvalue weighted by molar-refractivity contribution is -0.668. The molecular weight excluding hydrogens is 453 g/mol. The zero-order valence-electron chi connectivity index (χ0n) is 18.2. The molecule has 0 saturated carbocycles. The number of thioether (sulfide) groups is 1. The number of aromatic nitrogens is 1. The van der Waals surface area contributed by atoms with Crippen LogP contribution in [0.1, 0.15) is 31.7 Å². The summed E-state index contributed by atoms with van der Waals surface area (Å²) in [7, 11) is 0. The van der Waals surface area contributed by atoms with Gasteiger partial charge in [-0.3, -0.25) is 4.79 Å². The number of carbonyl (C=O) groups is 1. The van der Waals surface area contributed by atoms with Crippen molar-refractivity contribution in [2.75, 3.05) is 11.4 Å². The van der Waals surface area contributed by atoms with Crippen molar-refractivity contribution in [3.05, 3.63) is 80.7 Å². The number of thiol groups is 1. The maximum Gasteiger partial charge on any atom is 0.263 e. The highest BCUT2D eigenvalue weighted by Crippen LogP contribution is 2.47. The molecule has 2 aromatic carbocycles. The number of allylic oxidation sites excluding steroid dienone is 3. The number of hydrogen-bond acceptors (Lipinski definition) is 5. The minimum absolute atomic E-state index is 0.0796. The number of aryl methyl sites for hydroxylation is 1. The molecule has 0 spiro atoms. The Morgan fingerprint density at radius 2 is 1.81 bits per heavy atom. The molecule has 0 saturated heterocycles. The second-order valence-electron chi connectivity index (χ2n) is 7.91. The first kappa shape index (κ1) is 21.6. The second-order valence-corrected chi connectivity index (χ2v) is 10.5. The van der Waals surface area contributed by atoms with Crippen LogP contribution < -0.4 is 9.47 Å². The number of Topliss-reactive ketones (excluding diaryl/α,β-unsaturated/α-hetero) is 1. The van der Waals surface area contributed by atoms with Crippen molar-refractivity contribution in [1.29, 1.82) is 0 Å². The van der Waals surface area contributed by atoms with E-state index in [1.807, 2.05) is 12.2 Å². The van der Waals surface area contributed by atoms with Crippen LogP contribution in [0.4, 0.5) is 5.69 Å². The van der Waals surface area contributed by atoms with E-state index in [0.717, 1.165) is 40.9 Å². The number of nitrogens with zero attached hydrogens (tertiary/aromatic N) is 2. The molecule has 6 heteroatoms. The van der Waals surface area contributed by atoms with Gasteiger partial charge in [-0.05, 0) is 30.7 Å². The third kappa shape index (κ3) is 3.64. The van der Waals surface area contributed by atoms with Crippen LogP contribution in [0.15, 0.2) is 80.6 Å². The largest absolute Gasteiger partial charge is 0.335 e. The molecule has 32 heavy (non-hydrogen) atoms. The quantitative estimate of drug-likeness (QED) is 0.245. The summed E-state index contributed by atoms with van der Waals surface area (Å²) in [5.74, 6) is 0.0796. The Balaban J connectivity index is 1.51. The first-order valence-corrected chi connectivity index (χ1v) is 13.1. The van der Waals surface area contributed by atoms with Gasteiger partial charge in [0.25, 0.3) is 5.01 Å². The average molecular weight is 478 g/mol. The SMILES string of the molecule is CCCN1C(=CC2=C(S)C(=Cc3sc4ccccc4[n+]3CCC)C2=O)Sc2ccccc21. The van der Waals surface area contributed by atoms with E-state index in [1.54, 1.807) is 23.1 Å². The lowest BCUT2D eigenvalue weighted by Gasteiger charge is -2.23. The van der Waals surface area contributed by atoms with Crippen LogP contribution in [-0.2, 0) is 11.3 Å². The number of fused-ring (bicyclic) bond motifs is 2. The smallest absolute Gasteiger partial charge is 0.263 e. The summed E-state index contributed by atoms with van der Waals surface area (Å²) in [5, 5.41) is 2.20. The van der Waals surface area contributed by atoms with E-state index in [1.165, 1.54) is 20.8 Å². The van der Waals surface area contributed by atoms with Gasteiger partial charge in [0.2, 0.25) is 5.52 Å². The summed E-state index contributed by atoms with van der Waals surface area (Å²) < 4.78 is 3.55. The molecule has 1 aliphatic carbocycles. The van der Waals surface area contributed by atoms with E-state index < -0.39 is 0 Å². The highest BCUT2D eigenvalue weighted by molar-refractivity contribution is 8.03. The van der Waals surface area contributed by atoms with E-state index in [9.17, 15) is 4.79 Å². The van der Waals surface area contributed by atoms with Gasteiger partial charge in [-0.1, -0.05) is 61.2 Å². The van der Waals surface area contributed by atoms with Crippen molar-refractivity contribution in [3.8, 4) is 0 Å². The fraction of sp³-hybridized carbons (Fsp3) is 0.231. The number of para-hydroxylation sites is 2. The van der Waals surface area contributed by atoms with Crippen molar-refractivity contribution < 1.29 is 9.36 Å². The van der Waals surface area contributed by atoms with Crippen molar-refractivity contribution in [1.82, 2.24) is 0 Å². The maximum atomic E-state index is 13.1. The van der Waals surface area contributed by atoms with Gasteiger partial charge in [0, 0.05) is 46.1 Å². The van der Waals surface area contributed by atoms with Crippen LogP contribution in [0.25, 0.3) is 16.3 Å². The van der Waals surface area contributed by atoms with Gasteiger partial charge in [-0.15, -0.1) is 12.6 Å². The molecule has 0 radical (unpaired) electrons. The van der Waals surface area contributed by atoms with E-state index in [-0.39, 0.29) is 5.78 Å². The van der Waals surface area contributed by atoms with E-state index in [4.69, 9.17) is 12.6 Å². The first-order valence-electron chi connectivity index (χ1n) is 11.0. The third-order valence-corrected chi connectivity index (χ3v) is 8.41. The summed E-state index contributed by atoms with van der Waals surface area (Å²) in [6.07, 6.45) is 6.13. The number of carbonyl (C=O) groups excluding carboxylic acids is 1. The van der Waals surface area contributed by atoms with Crippen LogP contribution in [0, 0.1) is 0 Å². The minimum Gasteiger partial charge on any atom is -0.335 e. The Labute approximate surface area is 202 Å². The number of hydrogen-bond donors (Lipinski definition) is 1. The van der Waals surface area contributed by atoms with Crippen LogP contribution in [0.5, 0.6) is 0 Å². The molecule has 162 valence electrons. The van der Waals surface area contributed by atoms with Crippen molar-refractivity contribution in [2.24, 2.45) is 0 Å². The van der Waals surface area contributed by atoms with Crippen LogP contribution in [0.3, 0.4) is 0 Å². The number of anilines is 1. The normalized spacial score (nSPS) is 18.2. The molecular formula is C26H25N2OS3+. The predicted molar refractivity (Wildman–Crippen MR) is 139 cm³/mol. The number of ketones is 1. The van der Waals surface area contributed by atoms with Gasteiger partial charge in [0.1, 0.15) is 11.2 Å². The Kier molecular flexibility index (Phi) is 6.01. The topological polar surface area (TPSA) is 24.2 Å². The number of rotatable bonds is 6. The highest BCUT2D eigenvalue weighted by Gasteiger charge is 2.34. The summed E-state index contributed by atoms with van der Waals surface area (Å²) in [6.45, 7) is 6.22. The molecule has 1 aliphatic heterocycles. The van der Waals surface area contributed by atoms with Crippen LogP contribution in [0.2, 0.25) is 0 Å². The number of benzene rings is 2. The van der Waals surface area contributed by atoms with Gasteiger partial charge in [0.05, 0.1) is 10.7 Å². The molecule has 0 amide bonds. The molecule has 0 bridgehead atoms. The fourth-order valence-electron chi connectivity index (χ4n) is 4.19. The van der Waals surface area contributed by atoms with Gasteiger partial charge in [-0.2, -0.15) is 4.57 Å². The molecule has 2 aliphatic rings. The summed E-state index contributed by atoms with van der Waals surface area (Å²) in [5.41, 5.74) is 3.86. The van der Waals surface area contributed by atoms with Crippen molar-refractivity contribution in [2.45, 2.75) is 38.1 Å². The van der Waals surface area contributed by atoms with E-state index in [2.05, 4.69) is 71.8 Å². The van der Waals surface area contributed by atoms with Crippen LogP contribution in [-0.4, -0.2) is 12.3 Å². The van der Waals surface area contributed by atoms with Gasteiger partial charge < -0.3 is 4.90 Å². The first-order chi connectivity index (χ1) is 15.6. The minimum atomic E-state index is 0.0796. The zero-order valence-corrected chi connectivity index (χ0v) is 20.7. The lowest BCUT2D eigenvalue weighted by atomic mass is 9.89. The monoisotopic (exact) mass is 477 g/mol. The van der Waals surface area contributed by atoms with Gasteiger partial charge >= 0.3 is 0 Å². The fourth-order valence-corrected chi connectivity index (χ4v) is 6.78. The lowest BCUT2D eigenvalue weighted by Crippen LogP contribution is -2.35. The average Bonchev–Trinajstić information content (AvgIpc) is 3.34. The van der Waals surface area contributed by atoms with Crippen molar-refractivity contribution >= 4 is 63.5 Å². The van der Waals surface area contributed by atoms with E-state index >= 15 is 0 Å². The predicted octanol–water partition coefficient (Wildman–Crippen LogP) is 6.61. The molecule has 3 aromatic rings. The zero-order chi connectivity index (χ0) is 22.2. The number of thiazole rings is 1. The standard InChI is InChI=1S/C26H24N2OS3/c1-3-13-27-19-9-5-7-11-21(19)31-23(27)15-17-25(29)18(26(17)30)16-24-28(14-4-2)20-10-6-8-12-22(20)32-24/h5-12,15-16H,3-4,13-14H2,1-2H3/p+1. The Morgan fingerprint density at radius 1 is 1.03 bits per heavy atom. The molecule has 0 fully saturated rings. The Morgan fingerprint density at radius 3 is 2.59 bits per heavy atom. The molecule has 1 aromatic heterocycles. The van der Waals surface area contributed by atoms with Gasteiger partial charge in [0.15, 0.2) is 5.78 Å². The third-order valence-electron chi connectivity index (χ3n) is 5.70. The highest BCUT2D eigenvalue weighted by atomic mass is 32.2. The second kappa shape index (κ2) is 8.93. The summed E-state index contributed by atoms with van der Waals surface area (Å²) >= 11 is 8.20. The van der Waals surface area contributed by atoms with E-state index in [0.29, 0.717) is 11.1 Å². The van der Waals surface area contributed by atoms with Crippen LogP contribution >= 0.6 is 35.7 Å². The molecule has 2 heterocycles. The molecule has 0 unspecified atom stereocenters.